The molecule has 2 aliphatic rings. The van der Waals surface area contributed by atoms with Crippen LogP contribution in [0.5, 0.6) is 0 Å². The monoisotopic (exact) mass is 304 g/mol. The van der Waals surface area contributed by atoms with E-state index in [0.717, 1.165) is 12.8 Å². The zero-order valence-electron chi connectivity index (χ0n) is 12.7. The maximum absolute atomic E-state index is 6.04. The summed E-state index contributed by atoms with van der Waals surface area (Å²) in [6, 6.07) is 0. The Kier molecular flexibility index (Phi) is 5.55. The standard InChI is InChI=1S/C15H28O2S2/c1-5-12-13(17-14(2,3)16-12)8-6-9-15(4)18-10-7-11-19-15/h12-13H,5-11H2,1-4H3/t12-,13+/m1/s1. The maximum atomic E-state index is 6.04. The van der Waals surface area contributed by atoms with Gasteiger partial charge in [0.15, 0.2) is 5.79 Å². The Hall–Kier alpha value is 0.620. The molecule has 0 saturated carbocycles. The van der Waals surface area contributed by atoms with Gasteiger partial charge in [-0.1, -0.05) is 6.92 Å². The van der Waals surface area contributed by atoms with Gasteiger partial charge in [0, 0.05) is 0 Å². The minimum atomic E-state index is -0.385. The van der Waals surface area contributed by atoms with Crippen LogP contribution in [0.2, 0.25) is 0 Å². The maximum Gasteiger partial charge on any atom is 0.163 e. The lowest BCUT2D eigenvalue weighted by Gasteiger charge is -2.32. The van der Waals surface area contributed by atoms with E-state index < -0.39 is 0 Å². The van der Waals surface area contributed by atoms with E-state index in [1.165, 1.54) is 30.8 Å². The van der Waals surface area contributed by atoms with Gasteiger partial charge in [0.25, 0.3) is 0 Å². The summed E-state index contributed by atoms with van der Waals surface area (Å²) in [4.78, 5) is 0. The molecule has 0 radical (unpaired) electrons. The SMILES string of the molecule is CC[C@H]1OC(C)(C)O[C@H]1CCCC1(C)SCCCS1. The van der Waals surface area contributed by atoms with Crippen molar-refractivity contribution in [1.82, 2.24) is 0 Å². The number of hydrogen-bond donors (Lipinski definition) is 0. The first kappa shape index (κ1) is 16.0. The lowest BCUT2D eigenvalue weighted by atomic mass is 10.0. The number of hydrogen-bond acceptors (Lipinski definition) is 4. The average molecular weight is 305 g/mol. The first-order valence-corrected chi connectivity index (χ1v) is 9.55. The summed E-state index contributed by atoms with van der Waals surface area (Å²) >= 11 is 4.29. The molecule has 112 valence electrons. The van der Waals surface area contributed by atoms with Crippen molar-refractivity contribution in [2.24, 2.45) is 0 Å². The summed E-state index contributed by atoms with van der Waals surface area (Å²) in [5, 5.41) is 0. The first-order chi connectivity index (χ1) is 8.94. The molecule has 0 spiro atoms. The molecule has 2 nitrogen and oxygen atoms in total. The zero-order valence-corrected chi connectivity index (χ0v) is 14.4. The van der Waals surface area contributed by atoms with Crippen LogP contribution in [-0.4, -0.2) is 33.6 Å². The third-order valence-corrected chi connectivity index (χ3v) is 7.23. The fourth-order valence-corrected chi connectivity index (χ4v) is 5.98. The van der Waals surface area contributed by atoms with E-state index in [0.29, 0.717) is 10.2 Å². The largest absolute Gasteiger partial charge is 0.345 e. The molecule has 19 heavy (non-hydrogen) atoms. The first-order valence-electron chi connectivity index (χ1n) is 7.58. The number of ether oxygens (including phenoxy) is 2. The molecule has 0 aromatic carbocycles. The Labute approximate surface area is 126 Å². The van der Waals surface area contributed by atoms with E-state index in [4.69, 9.17) is 9.47 Å². The molecule has 2 aliphatic heterocycles. The van der Waals surface area contributed by atoms with Crippen molar-refractivity contribution in [3.05, 3.63) is 0 Å². The molecule has 2 saturated heterocycles. The highest BCUT2D eigenvalue weighted by Crippen LogP contribution is 2.45. The lowest BCUT2D eigenvalue weighted by molar-refractivity contribution is -0.146. The molecule has 0 amide bonds. The molecule has 4 heteroatoms. The highest BCUT2D eigenvalue weighted by Gasteiger charge is 2.40. The van der Waals surface area contributed by atoms with Crippen LogP contribution in [0.1, 0.15) is 59.8 Å². The van der Waals surface area contributed by atoms with Crippen molar-refractivity contribution in [3.8, 4) is 0 Å². The van der Waals surface area contributed by atoms with E-state index >= 15 is 0 Å². The van der Waals surface area contributed by atoms with Crippen molar-refractivity contribution in [1.29, 1.82) is 0 Å². The molecule has 0 unspecified atom stereocenters. The summed E-state index contributed by atoms with van der Waals surface area (Å²) in [5.41, 5.74) is 0. The van der Waals surface area contributed by atoms with Crippen molar-refractivity contribution >= 4 is 23.5 Å². The zero-order chi connectivity index (χ0) is 13.9. The Morgan fingerprint density at radius 1 is 1.05 bits per heavy atom. The van der Waals surface area contributed by atoms with Crippen molar-refractivity contribution in [2.75, 3.05) is 11.5 Å². The van der Waals surface area contributed by atoms with Crippen LogP contribution in [0.15, 0.2) is 0 Å². The van der Waals surface area contributed by atoms with Crippen LogP contribution in [-0.2, 0) is 9.47 Å². The fraction of sp³-hybridized carbons (Fsp3) is 1.00. The topological polar surface area (TPSA) is 18.5 Å². The highest BCUT2D eigenvalue weighted by atomic mass is 32.2. The second-order valence-corrected chi connectivity index (χ2v) is 9.65. The van der Waals surface area contributed by atoms with E-state index in [-0.39, 0.29) is 11.9 Å². The van der Waals surface area contributed by atoms with Gasteiger partial charge in [-0.25, -0.2) is 0 Å². The predicted molar refractivity (Wildman–Crippen MR) is 85.9 cm³/mol. The van der Waals surface area contributed by atoms with Crippen molar-refractivity contribution in [2.45, 2.75) is 81.9 Å². The van der Waals surface area contributed by atoms with Gasteiger partial charge in [-0.15, -0.1) is 23.5 Å². The molecule has 2 fully saturated rings. The third-order valence-electron chi connectivity index (χ3n) is 3.91. The minimum absolute atomic E-state index is 0.287. The quantitative estimate of drug-likeness (QED) is 0.734. The number of rotatable bonds is 5. The Morgan fingerprint density at radius 3 is 2.32 bits per heavy atom. The van der Waals surface area contributed by atoms with E-state index in [2.05, 4.69) is 37.4 Å². The molecule has 0 aromatic rings. The second kappa shape index (κ2) is 6.59. The summed E-state index contributed by atoms with van der Waals surface area (Å²) < 4.78 is 12.4. The van der Waals surface area contributed by atoms with Crippen LogP contribution in [0.25, 0.3) is 0 Å². The minimum Gasteiger partial charge on any atom is -0.345 e. The third kappa shape index (κ3) is 4.55. The molecule has 2 atom stereocenters. The van der Waals surface area contributed by atoms with Crippen LogP contribution in [0, 0.1) is 0 Å². The smallest absolute Gasteiger partial charge is 0.163 e. The van der Waals surface area contributed by atoms with Crippen LogP contribution in [0.3, 0.4) is 0 Å². The van der Waals surface area contributed by atoms with Gasteiger partial charge in [0.05, 0.1) is 16.3 Å². The van der Waals surface area contributed by atoms with Gasteiger partial charge in [-0.3, -0.25) is 0 Å². The van der Waals surface area contributed by atoms with Gasteiger partial charge in [0.2, 0.25) is 0 Å². The molecule has 0 N–H and O–H groups in total. The Morgan fingerprint density at radius 2 is 1.68 bits per heavy atom. The number of thioether (sulfide) groups is 2. The predicted octanol–water partition coefficient (Wildman–Crippen LogP) is 4.67. The van der Waals surface area contributed by atoms with Crippen molar-refractivity contribution < 1.29 is 9.47 Å². The van der Waals surface area contributed by atoms with Crippen LogP contribution < -0.4 is 0 Å². The van der Waals surface area contributed by atoms with E-state index in [1.54, 1.807) is 0 Å². The summed E-state index contributed by atoms with van der Waals surface area (Å²) in [5.74, 6) is 2.28. The molecule has 0 aliphatic carbocycles. The van der Waals surface area contributed by atoms with Gasteiger partial charge in [-0.05, 0) is 64.4 Å². The van der Waals surface area contributed by atoms with Crippen LogP contribution in [0.4, 0.5) is 0 Å². The highest BCUT2D eigenvalue weighted by molar-refractivity contribution is 8.18. The Balaban J connectivity index is 1.75. The molecule has 2 heterocycles. The second-order valence-electron chi connectivity index (χ2n) is 6.20. The van der Waals surface area contributed by atoms with E-state index in [9.17, 15) is 0 Å². The van der Waals surface area contributed by atoms with Crippen LogP contribution >= 0.6 is 23.5 Å². The summed E-state index contributed by atoms with van der Waals surface area (Å²) in [6.07, 6.45) is 6.68. The fourth-order valence-electron chi connectivity index (χ4n) is 2.95. The Bertz CT molecular complexity index is 288. The molecule has 0 aromatic heterocycles. The summed E-state index contributed by atoms with van der Waals surface area (Å²) in [7, 11) is 0. The lowest BCUT2D eigenvalue weighted by Crippen LogP contribution is -2.24. The van der Waals surface area contributed by atoms with Gasteiger partial charge >= 0.3 is 0 Å². The van der Waals surface area contributed by atoms with Crippen molar-refractivity contribution in [3.63, 3.8) is 0 Å². The summed E-state index contributed by atoms with van der Waals surface area (Å²) in [6.45, 7) is 8.67. The van der Waals surface area contributed by atoms with Gasteiger partial charge < -0.3 is 9.47 Å². The molecule has 2 rings (SSSR count). The van der Waals surface area contributed by atoms with E-state index in [1.807, 2.05) is 13.8 Å². The molecular formula is C15H28O2S2. The molecule has 0 bridgehead atoms. The molecular weight excluding hydrogens is 276 g/mol. The van der Waals surface area contributed by atoms with Gasteiger partial charge in [-0.2, -0.15) is 0 Å². The van der Waals surface area contributed by atoms with Gasteiger partial charge in [0.1, 0.15) is 0 Å². The average Bonchev–Trinajstić information content (AvgIpc) is 2.65. The normalized spacial score (nSPS) is 33.5.